The van der Waals surface area contributed by atoms with Crippen molar-refractivity contribution >= 4 is 35.4 Å². The van der Waals surface area contributed by atoms with Crippen LogP contribution in [0.2, 0.25) is 0 Å². The number of carbonyl (C=O) groups is 2. The Hall–Kier alpha value is -1.27. The van der Waals surface area contributed by atoms with Gasteiger partial charge in [-0.15, -0.1) is 11.8 Å². The lowest BCUT2D eigenvalue weighted by atomic mass is 9.89. The molecular formula is C17H27N3O6S2. The number of hydrogen-bond donors (Lipinski definition) is 4. The first kappa shape index (κ1) is 23.0. The van der Waals surface area contributed by atoms with Crippen molar-refractivity contribution in [2.45, 2.75) is 55.8 Å². The molecule has 0 aliphatic carbocycles. The minimum absolute atomic E-state index is 0.662. The minimum Gasteiger partial charge on any atom is -0.479 e. The topological polar surface area (TPSA) is 144 Å². The van der Waals surface area contributed by atoms with Crippen LogP contribution in [0.1, 0.15) is 44.2 Å². The van der Waals surface area contributed by atoms with Crippen molar-refractivity contribution in [3.05, 3.63) is 5.69 Å². The number of aliphatic hydroxyl groups is 2. The number of aliphatic carboxylic acids is 2. The summed E-state index contributed by atoms with van der Waals surface area (Å²) in [6, 6.07) is 0. The Balaban J connectivity index is 0.000000242. The van der Waals surface area contributed by atoms with Crippen molar-refractivity contribution < 1.29 is 30.0 Å². The first-order valence-electron chi connectivity index (χ1n) is 9.34. The maximum atomic E-state index is 9.77. The van der Waals surface area contributed by atoms with Gasteiger partial charge in [0, 0.05) is 19.0 Å². The molecule has 0 aromatic carbocycles. The summed E-state index contributed by atoms with van der Waals surface area (Å²) < 4.78 is 9.14. The van der Waals surface area contributed by atoms with Crippen LogP contribution in [-0.2, 0) is 9.59 Å². The van der Waals surface area contributed by atoms with Crippen molar-refractivity contribution in [2.75, 3.05) is 25.4 Å². The molecule has 2 aliphatic heterocycles. The van der Waals surface area contributed by atoms with Crippen LogP contribution in [0.5, 0.6) is 0 Å². The van der Waals surface area contributed by atoms with Gasteiger partial charge in [0.25, 0.3) is 0 Å². The van der Waals surface area contributed by atoms with Crippen LogP contribution in [0.4, 0.5) is 0 Å². The van der Waals surface area contributed by atoms with Gasteiger partial charge in [-0.2, -0.15) is 8.75 Å². The van der Waals surface area contributed by atoms with Crippen LogP contribution in [0.15, 0.2) is 5.03 Å². The molecule has 2 bridgehead atoms. The summed E-state index contributed by atoms with van der Waals surface area (Å²) in [5, 5.41) is 33.8. The second-order valence-corrected chi connectivity index (χ2v) is 8.60. The Bertz CT molecular complexity index is 641. The summed E-state index contributed by atoms with van der Waals surface area (Å²) in [5.74, 6) is -0.843. The highest BCUT2D eigenvalue weighted by atomic mass is 32.2. The van der Waals surface area contributed by atoms with E-state index < -0.39 is 24.1 Å². The van der Waals surface area contributed by atoms with Gasteiger partial charge in [0.1, 0.15) is 5.03 Å². The number of thioether (sulfide) groups is 1. The van der Waals surface area contributed by atoms with Crippen LogP contribution in [0, 0.1) is 5.92 Å². The lowest BCUT2D eigenvalue weighted by molar-refractivity contribution is -0.165. The molecule has 0 radical (unpaired) electrons. The molecule has 2 fully saturated rings. The molecule has 1 aromatic heterocycles. The summed E-state index contributed by atoms with van der Waals surface area (Å²) in [4.78, 5) is 22.2. The van der Waals surface area contributed by atoms with Crippen LogP contribution in [0.25, 0.3) is 0 Å². The maximum Gasteiger partial charge on any atom is 0.335 e. The van der Waals surface area contributed by atoms with Crippen molar-refractivity contribution in [1.82, 2.24) is 13.6 Å². The fourth-order valence-corrected chi connectivity index (χ4v) is 5.28. The number of aromatic nitrogens is 2. The van der Waals surface area contributed by atoms with Gasteiger partial charge in [-0.1, -0.05) is 13.3 Å². The van der Waals surface area contributed by atoms with E-state index in [1.165, 1.54) is 73.5 Å². The number of carboxylic acid groups (broad SMARTS) is 2. The van der Waals surface area contributed by atoms with E-state index in [0.29, 0.717) is 5.92 Å². The van der Waals surface area contributed by atoms with Crippen LogP contribution in [0.3, 0.4) is 0 Å². The Labute approximate surface area is 172 Å². The second-order valence-electron chi connectivity index (χ2n) is 6.99. The first-order chi connectivity index (χ1) is 13.3. The first-order valence-corrected chi connectivity index (χ1v) is 11.1. The molecule has 1 aromatic rings. The SMILES string of the molecule is CCCCSc1nsnc1C1CN2CCCC1C2.O=C(O)[C@H](O)[C@@H](O)C(=O)O. The van der Waals surface area contributed by atoms with Gasteiger partial charge in [0.2, 0.25) is 0 Å². The molecule has 2 saturated heterocycles. The van der Waals surface area contributed by atoms with E-state index >= 15 is 0 Å². The van der Waals surface area contributed by atoms with Gasteiger partial charge in [-0.3, -0.25) is 0 Å². The average molecular weight is 434 g/mol. The van der Waals surface area contributed by atoms with E-state index in [9.17, 15) is 9.59 Å². The van der Waals surface area contributed by atoms with E-state index in [-0.39, 0.29) is 0 Å². The zero-order chi connectivity index (χ0) is 20.7. The standard InChI is InChI=1S/C13H21N3S2.C4H6O6/c1-2-3-7-17-13-12(14-18-15-13)11-9-16-6-4-5-10(11)8-16;5-1(3(7)8)2(6)4(9)10/h10-11H,2-9H2,1H3;1-2,5-6H,(H,7,8)(H,9,10)/t;1-,2-/m.1/s1. The minimum atomic E-state index is -2.27. The number of piperidine rings is 1. The second kappa shape index (κ2) is 11.1. The van der Waals surface area contributed by atoms with Crippen LogP contribution < -0.4 is 0 Å². The number of hydrogen-bond acceptors (Lipinski definition) is 9. The van der Waals surface area contributed by atoms with Crippen molar-refractivity contribution in [2.24, 2.45) is 5.92 Å². The highest BCUT2D eigenvalue weighted by molar-refractivity contribution is 7.99. The fraction of sp³-hybridized carbons (Fsp3) is 0.765. The van der Waals surface area contributed by atoms with Crippen molar-refractivity contribution in [3.8, 4) is 0 Å². The molecule has 158 valence electrons. The molecule has 3 unspecified atom stereocenters. The van der Waals surface area contributed by atoms with Gasteiger partial charge >= 0.3 is 11.9 Å². The van der Waals surface area contributed by atoms with Gasteiger partial charge in [0.05, 0.1) is 17.4 Å². The molecule has 9 nitrogen and oxygen atoms in total. The lowest BCUT2D eigenvalue weighted by Crippen LogP contribution is -2.39. The summed E-state index contributed by atoms with van der Waals surface area (Å²) in [7, 11) is 0. The van der Waals surface area contributed by atoms with Crippen LogP contribution in [-0.4, -0.2) is 83.6 Å². The quantitative estimate of drug-likeness (QED) is 0.348. The molecule has 0 amide bonds. The molecule has 0 spiro atoms. The molecule has 3 heterocycles. The summed E-state index contributed by atoms with van der Waals surface area (Å²) in [5.41, 5.74) is 1.32. The number of fused-ring (bicyclic) bond motifs is 2. The molecule has 4 N–H and O–H groups in total. The molecule has 2 aliphatic rings. The monoisotopic (exact) mass is 433 g/mol. The smallest absolute Gasteiger partial charge is 0.335 e. The van der Waals surface area contributed by atoms with Gasteiger partial charge in [-0.05, 0) is 37.5 Å². The zero-order valence-corrected chi connectivity index (χ0v) is 17.4. The largest absolute Gasteiger partial charge is 0.479 e. The van der Waals surface area contributed by atoms with Gasteiger partial charge in [0.15, 0.2) is 12.2 Å². The third-order valence-corrected chi connectivity index (χ3v) is 6.67. The number of unbranched alkanes of at least 4 members (excludes halogenated alkanes) is 1. The highest BCUT2D eigenvalue weighted by Gasteiger charge is 2.38. The summed E-state index contributed by atoms with van der Waals surface area (Å²) >= 11 is 3.32. The predicted molar refractivity (Wildman–Crippen MR) is 105 cm³/mol. The van der Waals surface area contributed by atoms with E-state index in [0.717, 1.165) is 5.92 Å². The summed E-state index contributed by atoms with van der Waals surface area (Å²) in [6.07, 6.45) is 0.770. The molecule has 28 heavy (non-hydrogen) atoms. The van der Waals surface area contributed by atoms with E-state index in [4.69, 9.17) is 20.4 Å². The number of nitrogens with zero attached hydrogens (tertiary/aromatic N) is 3. The normalized spacial score (nSPS) is 25.5. The Morgan fingerprint density at radius 2 is 1.89 bits per heavy atom. The number of aliphatic hydroxyl groups excluding tert-OH is 2. The number of rotatable bonds is 8. The van der Waals surface area contributed by atoms with Gasteiger partial charge < -0.3 is 25.3 Å². The van der Waals surface area contributed by atoms with Crippen molar-refractivity contribution in [1.29, 1.82) is 0 Å². The molecule has 5 atom stereocenters. The van der Waals surface area contributed by atoms with E-state index in [1.54, 1.807) is 0 Å². The Morgan fingerprint density at radius 1 is 1.21 bits per heavy atom. The van der Waals surface area contributed by atoms with E-state index in [1.807, 2.05) is 11.8 Å². The fourth-order valence-electron chi connectivity index (χ4n) is 3.42. The third kappa shape index (κ3) is 6.11. The molecule has 3 rings (SSSR count). The van der Waals surface area contributed by atoms with E-state index in [2.05, 4.69) is 20.6 Å². The highest BCUT2D eigenvalue weighted by Crippen LogP contribution is 2.41. The molecule has 11 heteroatoms. The number of carboxylic acids is 2. The zero-order valence-electron chi connectivity index (χ0n) is 15.7. The van der Waals surface area contributed by atoms with Crippen molar-refractivity contribution in [3.63, 3.8) is 0 Å². The predicted octanol–water partition coefficient (Wildman–Crippen LogP) is 1.12. The maximum absolute atomic E-state index is 9.77. The lowest BCUT2D eigenvalue weighted by Gasteiger charge is -2.21. The summed E-state index contributed by atoms with van der Waals surface area (Å²) in [6.45, 7) is 6.05. The molecular weight excluding hydrogens is 406 g/mol. The van der Waals surface area contributed by atoms with Crippen LogP contribution >= 0.6 is 23.5 Å². The van der Waals surface area contributed by atoms with Gasteiger partial charge in [-0.25, -0.2) is 9.59 Å². The average Bonchev–Trinajstić information content (AvgIpc) is 3.24. The Morgan fingerprint density at radius 3 is 2.46 bits per heavy atom. The molecule has 0 saturated carbocycles. The Kier molecular flexibility index (Phi) is 9.09. The third-order valence-electron chi connectivity index (χ3n) is 4.94.